The van der Waals surface area contributed by atoms with Crippen LogP contribution in [0.3, 0.4) is 0 Å². The maximum Gasteiger partial charge on any atom is 0.242 e. The van der Waals surface area contributed by atoms with Crippen LogP contribution in [0.1, 0.15) is 18.9 Å². The van der Waals surface area contributed by atoms with E-state index in [4.69, 9.17) is 0 Å². The lowest BCUT2D eigenvalue weighted by Crippen LogP contribution is -2.49. The van der Waals surface area contributed by atoms with E-state index >= 15 is 0 Å². The van der Waals surface area contributed by atoms with Crippen molar-refractivity contribution >= 4 is 23.5 Å². The Kier molecular flexibility index (Phi) is 9.63. The van der Waals surface area contributed by atoms with Gasteiger partial charge in [-0.05, 0) is 18.9 Å². The molecule has 1 aromatic carbocycles. The first-order valence-electron chi connectivity index (χ1n) is 8.30. The van der Waals surface area contributed by atoms with Crippen LogP contribution < -0.4 is 16.0 Å². The van der Waals surface area contributed by atoms with Gasteiger partial charge in [0.1, 0.15) is 12.6 Å². The summed E-state index contributed by atoms with van der Waals surface area (Å²) in [6.45, 7) is 1.03. The Bertz CT molecular complexity index is 619. The normalized spacial score (nSPS) is 11.3. The number of hydrogen-bond donors (Lipinski definition) is 3. The molecule has 0 aromatic heterocycles. The molecule has 0 saturated heterocycles. The fraction of sp³-hybridized carbons (Fsp3) is 0.444. The average molecular weight is 363 g/mol. The number of rotatable bonds is 11. The molecule has 3 amide bonds. The van der Waals surface area contributed by atoms with Gasteiger partial charge in [0, 0.05) is 13.5 Å². The largest absolute Gasteiger partial charge is 0.377 e. The van der Waals surface area contributed by atoms with Gasteiger partial charge in [0.2, 0.25) is 17.7 Å². The van der Waals surface area contributed by atoms with Crippen molar-refractivity contribution < 1.29 is 23.9 Å². The van der Waals surface area contributed by atoms with E-state index in [1.807, 2.05) is 30.3 Å². The standard InChI is InChI=1S/C18H25N3O5/c1-13(18(25)20-10-15(22)12-26-2)21-17(24)11-19-16(23)9-8-14-6-4-3-5-7-14/h3-7,13H,8-12H2,1-2H3,(H,19,23)(H,20,25)(H,21,24)/t13-/m0/s1. The first-order chi connectivity index (χ1) is 12.4. The molecule has 0 radical (unpaired) electrons. The van der Waals surface area contributed by atoms with Crippen LogP contribution >= 0.6 is 0 Å². The van der Waals surface area contributed by atoms with E-state index in [-0.39, 0.29) is 37.8 Å². The fourth-order valence-electron chi connectivity index (χ4n) is 2.08. The molecule has 3 N–H and O–H groups in total. The zero-order valence-corrected chi connectivity index (χ0v) is 15.0. The summed E-state index contributed by atoms with van der Waals surface area (Å²) in [6, 6.07) is 8.74. The summed E-state index contributed by atoms with van der Waals surface area (Å²) in [6.07, 6.45) is 0.859. The van der Waals surface area contributed by atoms with Crippen molar-refractivity contribution in [1.29, 1.82) is 0 Å². The van der Waals surface area contributed by atoms with Crippen molar-refractivity contribution in [3.8, 4) is 0 Å². The zero-order valence-electron chi connectivity index (χ0n) is 15.0. The highest BCUT2D eigenvalue weighted by molar-refractivity contribution is 5.92. The first-order valence-corrected chi connectivity index (χ1v) is 8.30. The van der Waals surface area contributed by atoms with Crippen LogP contribution in [0.15, 0.2) is 30.3 Å². The van der Waals surface area contributed by atoms with Gasteiger partial charge in [-0.2, -0.15) is 0 Å². The molecule has 142 valence electrons. The molecule has 1 atom stereocenters. The Labute approximate surface area is 152 Å². The fourth-order valence-corrected chi connectivity index (χ4v) is 2.08. The Morgan fingerprint density at radius 3 is 2.35 bits per heavy atom. The molecular formula is C18H25N3O5. The topological polar surface area (TPSA) is 114 Å². The minimum atomic E-state index is -0.820. The van der Waals surface area contributed by atoms with Gasteiger partial charge >= 0.3 is 0 Å². The Morgan fingerprint density at radius 1 is 1.00 bits per heavy atom. The summed E-state index contributed by atoms with van der Waals surface area (Å²) in [5, 5.41) is 7.37. The van der Waals surface area contributed by atoms with Crippen molar-refractivity contribution in [2.45, 2.75) is 25.8 Å². The predicted octanol–water partition coefficient (Wildman–Crippen LogP) is -0.428. The average Bonchev–Trinajstić information content (AvgIpc) is 2.63. The number of carbonyl (C=O) groups excluding carboxylic acids is 4. The van der Waals surface area contributed by atoms with Gasteiger partial charge < -0.3 is 20.7 Å². The molecule has 0 bridgehead atoms. The van der Waals surface area contributed by atoms with Gasteiger partial charge in [-0.25, -0.2) is 0 Å². The van der Waals surface area contributed by atoms with Crippen molar-refractivity contribution in [2.75, 3.05) is 26.8 Å². The van der Waals surface area contributed by atoms with Crippen LogP contribution in [0.5, 0.6) is 0 Å². The number of carbonyl (C=O) groups is 4. The number of hydrogen-bond acceptors (Lipinski definition) is 5. The number of ether oxygens (including phenoxy) is 1. The second kappa shape index (κ2) is 11.8. The third-order valence-corrected chi connectivity index (χ3v) is 3.47. The number of benzene rings is 1. The summed E-state index contributed by atoms with van der Waals surface area (Å²) in [5.41, 5.74) is 1.04. The molecule has 0 heterocycles. The highest BCUT2D eigenvalue weighted by atomic mass is 16.5. The lowest BCUT2D eigenvalue weighted by Gasteiger charge is -2.14. The van der Waals surface area contributed by atoms with E-state index in [1.54, 1.807) is 0 Å². The molecule has 0 fully saturated rings. The van der Waals surface area contributed by atoms with Gasteiger partial charge in [-0.1, -0.05) is 30.3 Å². The van der Waals surface area contributed by atoms with E-state index in [1.165, 1.54) is 14.0 Å². The molecule has 0 spiro atoms. The maximum atomic E-state index is 11.8. The molecule has 0 aliphatic heterocycles. The van der Waals surface area contributed by atoms with Crippen LogP contribution in [0, 0.1) is 0 Å². The van der Waals surface area contributed by atoms with E-state index in [2.05, 4.69) is 20.7 Å². The van der Waals surface area contributed by atoms with E-state index in [0.29, 0.717) is 6.42 Å². The van der Waals surface area contributed by atoms with Crippen molar-refractivity contribution in [3.63, 3.8) is 0 Å². The van der Waals surface area contributed by atoms with Crippen molar-refractivity contribution in [3.05, 3.63) is 35.9 Å². The molecule has 0 unspecified atom stereocenters. The van der Waals surface area contributed by atoms with Gasteiger partial charge in [0.25, 0.3) is 0 Å². The predicted molar refractivity (Wildman–Crippen MR) is 95.3 cm³/mol. The van der Waals surface area contributed by atoms with Crippen LogP contribution in [-0.2, 0) is 30.3 Å². The quantitative estimate of drug-likeness (QED) is 0.494. The summed E-state index contributed by atoms with van der Waals surface area (Å²) < 4.78 is 4.65. The summed E-state index contributed by atoms with van der Waals surface area (Å²) in [5.74, 6) is -1.49. The van der Waals surface area contributed by atoms with Crippen LogP contribution in [0.2, 0.25) is 0 Å². The molecule has 1 aromatic rings. The highest BCUT2D eigenvalue weighted by Crippen LogP contribution is 2.01. The number of Topliss-reactive ketones (excluding diaryl/α,β-unsaturated/α-hetero) is 1. The van der Waals surface area contributed by atoms with E-state index < -0.39 is 17.9 Å². The highest BCUT2D eigenvalue weighted by Gasteiger charge is 2.16. The zero-order chi connectivity index (χ0) is 19.4. The summed E-state index contributed by atoms with van der Waals surface area (Å²) in [4.78, 5) is 46.6. The smallest absolute Gasteiger partial charge is 0.242 e. The van der Waals surface area contributed by atoms with Gasteiger partial charge in [0.05, 0.1) is 13.1 Å². The van der Waals surface area contributed by atoms with E-state index in [9.17, 15) is 19.2 Å². The van der Waals surface area contributed by atoms with Gasteiger partial charge in [-0.15, -0.1) is 0 Å². The van der Waals surface area contributed by atoms with Gasteiger partial charge in [-0.3, -0.25) is 19.2 Å². The van der Waals surface area contributed by atoms with E-state index in [0.717, 1.165) is 5.56 Å². The molecule has 0 aliphatic carbocycles. The van der Waals surface area contributed by atoms with Crippen molar-refractivity contribution in [2.24, 2.45) is 0 Å². The summed E-state index contributed by atoms with van der Waals surface area (Å²) >= 11 is 0. The lowest BCUT2D eigenvalue weighted by atomic mass is 10.1. The Hall–Kier alpha value is -2.74. The SMILES string of the molecule is COCC(=O)CNC(=O)[C@H](C)NC(=O)CNC(=O)CCc1ccccc1. The number of amides is 3. The maximum absolute atomic E-state index is 11.8. The molecule has 8 heteroatoms. The van der Waals surface area contributed by atoms with Crippen LogP contribution in [-0.4, -0.2) is 56.4 Å². The minimum absolute atomic E-state index is 0.0873. The van der Waals surface area contributed by atoms with Crippen LogP contribution in [0.4, 0.5) is 0 Å². The minimum Gasteiger partial charge on any atom is -0.377 e. The first kappa shape index (κ1) is 21.3. The second-order valence-electron chi connectivity index (χ2n) is 5.74. The third kappa shape index (κ3) is 8.93. The molecular weight excluding hydrogens is 338 g/mol. The third-order valence-electron chi connectivity index (χ3n) is 3.47. The monoisotopic (exact) mass is 363 g/mol. The Morgan fingerprint density at radius 2 is 1.69 bits per heavy atom. The van der Waals surface area contributed by atoms with Crippen molar-refractivity contribution in [1.82, 2.24) is 16.0 Å². The molecule has 26 heavy (non-hydrogen) atoms. The molecule has 0 aliphatic rings. The van der Waals surface area contributed by atoms with Crippen LogP contribution in [0.25, 0.3) is 0 Å². The van der Waals surface area contributed by atoms with Gasteiger partial charge in [0.15, 0.2) is 5.78 Å². The molecule has 0 saturated carbocycles. The number of ketones is 1. The molecule has 1 rings (SSSR count). The molecule has 8 nitrogen and oxygen atoms in total. The number of nitrogens with one attached hydrogen (secondary N) is 3. The lowest BCUT2D eigenvalue weighted by molar-refractivity contribution is -0.130. The Balaban J connectivity index is 2.22. The number of methoxy groups -OCH3 is 1. The second-order valence-corrected chi connectivity index (χ2v) is 5.74. The summed E-state index contributed by atoms with van der Waals surface area (Å²) in [7, 11) is 1.39. The number of aryl methyl sites for hydroxylation is 1.